The number of rotatable bonds is 6. The maximum absolute atomic E-state index is 13.1. The van der Waals surface area contributed by atoms with Crippen molar-refractivity contribution in [2.45, 2.75) is 6.61 Å². The van der Waals surface area contributed by atoms with Crippen molar-refractivity contribution in [3.8, 4) is 11.8 Å². The number of hydrogen-bond acceptors (Lipinski definition) is 4. The fraction of sp³-hybridized carbons (Fsp3) is 0.0455. The molecule has 0 aliphatic carbocycles. The van der Waals surface area contributed by atoms with Gasteiger partial charge in [0.25, 0.3) is 5.69 Å². The molecule has 28 heavy (non-hydrogen) atoms. The van der Waals surface area contributed by atoms with Gasteiger partial charge in [0.05, 0.1) is 16.6 Å². The Bertz CT molecular complexity index is 1070. The second-order valence-electron chi connectivity index (χ2n) is 5.93. The lowest BCUT2D eigenvalue weighted by molar-refractivity contribution is -0.384. The molecular weight excluding hydrogens is 359 g/mol. The van der Waals surface area contributed by atoms with Gasteiger partial charge in [0.2, 0.25) is 0 Å². The van der Waals surface area contributed by atoms with Crippen LogP contribution in [0.4, 0.5) is 10.1 Å². The second-order valence-corrected chi connectivity index (χ2v) is 5.93. The van der Waals surface area contributed by atoms with Crippen molar-refractivity contribution in [2.24, 2.45) is 0 Å². The number of halogens is 1. The van der Waals surface area contributed by atoms with Crippen molar-refractivity contribution < 1.29 is 14.1 Å². The SMILES string of the molecule is N#C/C(=C/c1ccccc1OCc1cccc([N+](=O)[O-])c1)c1ccc(F)cc1. The van der Waals surface area contributed by atoms with Gasteiger partial charge < -0.3 is 4.74 Å². The molecule has 5 nitrogen and oxygen atoms in total. The van der Waals surface area contributed by atoms with E-state index in [4.69, 9.17) is 4.74 Å². The molecule has 0 heterocycles. The summed E-state index contributed by atoms with van der Waals surface area (Å²) in [5.41, 5.74) is 2.29. The van der Waals surface area contributed by atoms with Crippen LogP contribution in [0.25, 0.3) is 11.6 Å². The zero-order chi connectivity index (χ0) is 19.9. The van der Waals surface area contributed by atoms with E-state index >= 15 is 0 Å². The van der Waals surface area contributed by atoms with Gasteiger partial charge in [-0.3, -0.25) is 10.1 Å². The number of nitro benzene ring substituents is 1. The third-order valence-corrected chi connectivity index (χ3v) is 4.01. The van der Waals surface area contributed by atoms with Crippen molar-refractivity contribution in [3.05, 3.63) is 105 Å². The summed E-state index contributed by atoms with van der Waals surface area (Å²) >= 11 is 0. The summed E-state index contributed by atoms with van der Waals surface area (Å²) in [6.07, 6.45) is 1.66. The van der Waals surface area contributed by atoms with E-state index in [0.717, 1.165) is 0 Å². The van der Waals surface area contributed by atoms with Crippen LogP contribution in [0.15, 0.2) is 72.8 Å². The third kappa shape index (κ3) is 4.59. The molecule has 0 unspecified atom stereocenters. The standard InChI is InChI=1S/C22H15FN2O3/c23-20-10-8-17(9-11-20)19(14-24)13-18-5-1-2-7-22(18)28-15-16-4-3-6-21(12-16)25(26)27/h1-13H,15H2/b19-13-. The molecule has 0 aliphatic heterocycles. The maximum atomic E-state index is 13.1. The molecule has 0 N–H and O–H groups in total. The minimum atomic E-state index is -0.456. The summed E-state index contributed by atoms with van der Waals surface area (Å²) in [6, 6.07) is 21.2. The summed E-state index contributed by atoms with van der Waals surface area (Å²) in [6.45, 7) is 0.144. The first kappa shape index (κ1) is 18.8. The number of nitro groups is 1. The molecule has 0 amide bonds. The number of ether oxygens (including phenoxy) is 1. The second kappa shape index (κ2) is 8.60. The van der Waals surface area contributed by atoms with Gasteiger partial charge in [-0.15, -0.1) is 0 Å². The normalized spacial score (nSPS) is 10.9. The lowest BCUT2D eigenvalue weighted by Crippen LogP contribution is -1.98. The summed E-state index contributed by atoms with van der Waals surface area (Å²) in [7, 11) is 0. The Balaban J connectivity index is 1.85. The van der Waals surface area contributed by atoms with Crippen LogP contribution < -0.4 is 4.74 Å². The van der Waals surface area contributed by atoms with Crippen LogP contribution >= 0.6 is 0 Å². The largest absolute Gasteiger partial charge is 0.488 e. The molecular formula is C22H15FN2O3. The zero-order valence-corrected chi connectivity index (χ0v) is 14.7. The predicted molar refractivity (Wildman–Crippen MR) is 104 cm³/mol. The highest BCUT2D eigenvalue weighted by molar-refractivity contribution is 5.90. The number of para-hydroxylation sites is 1. The third-order valence-electron chi connectivity index (χ3n) is 4.01. The quantitative estimate of drug-likeness (QED) is 0.251. The molecule has 3 rings (SSSR count). The van der Waals surface area contributed by atoms with E-state index in [0.29, 0.717) is 28.0 Å². The molecule has 3 aromatic rings. The van der Waals surface area contributed by atoms with E-state index in [1.54, 1.807) is 36.4 Å². The van der Waals surface area contributed by atoms with Crippen LogP contribution in [-0.4, -0.2) is 4.92 Å². The summed E-state index contributed by atoms with van der Waals surface area (Å²) < 4.78 is 18.9. The van der Waals surface area contributed by atoms with E-state index in [2.05, 4.69) is 6.07 Å². The van der Waals surface area contributed by atoms with E-state index in [1.165, 1.54) is 36.4 Å². The number of non-ortho nitro benzene ring substituents is 1. The smallest absolute Gasteiger partial charge is 0.269 e. The Morgan fingerprint density at radius 3 is 2.57 bits per heavy atom. The Labute approximate surface area is 161 Å². The van der Waals surface area contributed by atoms with Gasteiger partial charge >= 0.3 is 0 Å². The minimum Gasteiger partial charge on any atom is -0.488 e. The molecule has 0 bridgehead atoms. The molecule has 3 aromatic carbocycles. The number of nitrogens with zero attached hydrogens (tertiary/aromatic N) is 2. The van der Waals surface area contributed by atoms with Crippen molar-refractivity contribution >= 4 is 17.3 Å². The molecule has 6 heteroatoms. The first-order valence-corrected chi connectivity index (χ1v) is 8.40. The van der Waals surface area contributed by atoms with Gasteiger partial charge in [-0.25, -0.2) is 4.39 Å². The van der Waals surface area contributed by atoms with Crippen molar-refractivity contribution in [2.75, 3.05) is 0 Å². The molecule has 0 saturated carbocycles. The Hall–Kier alpha value is -3.98. The first-order chi connectivity index (χ1) is 13.6. The van der Waals surface area contributed by atoms with Gasteiger partial charge in [-0.2, -0.15) is 5.26 Å². The molecule has 0 aromatic heterocycles. The highest BCUT2D eigenvalue weighted by atomic mass is 19.1. The van der Waals surface area contributed by atoms with Gasteiger partial charge in [0.1, 0.15) is 18.2 Å². The maximum Gasteiger partial charge on any atom is 0.269 e. The van der Waals surface area contributed by atoms with E-state index in [1.807, 2.05) is 6.07 Å². The van der Waals surface area contributed by atoms with Gasteiger partial charge in [-0.05, 0) is 35.4 Å². The lowest BCUT2D eigenvalue weighted by atomic mass is 10.0. The van der Waals surface area contributed by atoms with Crippen LogP contribution in [0.1, 0.15) is 16.7 Å². The molecule has 0 saturated heterocycles. The van der Waals surface area contributed by atoms with Crippen LogP contribution in [0.3, 0.4) is 0 Å². The average molecular weight is 374 g/mol. The summed E-state index contributed by atoms with van der Waals surface area (Å²) in [5, 5.41) is 20.4. The molecule has 0 atom stereocenters. The summed E-state index contributed by atoms with van der Waals surface area (Å²) in [4.78, 5) is 10.4. The predicted octanol–water partition coefficient (Wildman–Crippen LogP) is 5.38. The number of allylic oxidation sites excluding steroid dienone is 1. The van der Waals surface area contributed by atoms with Crippen LogP contribution in [-0.2, 0) is 6.61 Å². The molecule has 0 radical (unpaired) electrons. The monoisotopic (exact) mass is 374 g/mol. The highest BCUT2D eigenvalue weighted by Gasteiger charge is 2.08. The molecule has 0 fully saturated rings. The van der Waals surface area contributed by atoms with E-state index < -0.39 is 4.92 Å². The van der Waals surface area contributed by atoms with Crippen molar-refractivity contribution in [1.29, 1.82) is 5.26 Å². The minimum absolute atomic E-state index is 0.00245. The van der Waals surface area contributed by atoms with E-state index in [-0.39, 0.29) is 18.1 Å². The number of benzene rings is 3. The average Bonchev–Trinajstić information content (AvgIpc) is 2.72. The lowest BCUT2D eigenvalue weighted by Gasteiger charge is -2.10. The van der Waals surface area contributed by atoms with Crippen molar-refractivity contribution in [1.82, 2.24) is 0 Å². The van der Waals surface area contributed by atoms with Crippen LogP contribution in [0, 0.1) is 27.3 Å². The van der Waals surface area contributed by atoms with Crippen molar-refractivity contribution in [3.63, 3.8) is 0 Å². The first-order valence-electron chi connectivity index (χ1n) is 8.40. The molecule has 0 aliphatic rings. The van der Waals surface area contributed by atoms with Crippen LogP contribution in [0.5, 0.6) is 5.75 Å². The Kier molecular flexibility index (Phi) is 5.78. The molecule has 0 spiro atoms. The topological polar surface area (TPSA) is 76.2 Å². The highest BCUT2D eigenvalue weighted by Crippen LogP contribution is 2.26. The Morgan fingerprint density at radius 1 is 1.11 bits per heavy atom. The summed E-state index contributed by atoms with van der Waals surface area (Å²) in [5.74, 6) is 0.158. The Morgan fingerprint density at radius 2 is 1.86 bits per heavy atom. The fourth-order valence-corrected chi connectivity index (χ4v) is 2.62. The van der Waals surface area contributed by atoms with Gasteiger partial charge in [0, 0.05) is 17.7 Å². The zero-order valence-electron chi connectivity index (χ0n) is 14.7. The van der Waals surface area contributed by atoms with Gasteiger partial charge in [0.15, 0.2) is 0 Å². The van der Waals surface area contributed by atoms with Crippen LogP contribution in [0.2, 0.25) is 0 Å². The van der Waals surface area contributed by atoms with E-state index in [9.17, 15) is 19.8 Å². The fourth-order valence-electron chi connectivity index (χ4n) is 2.62. The number of hydrogen-bond donors (Lipinski definition) is 0. The number of nitriles is 1. The van der Waals surface area contributed by atoms with Gasteiger partial charge in [-0.1, -0.05) is 42.5 Å². The molecule has 138 valence electrons.